The Bertz CT molecular complexity index is 451. The molecule has 1 aromatic rings. The number of benzene rings is 1. The zero-order valence-electron chi connectivity index (χ0n) is 11.4. The molecule has 1 aromatic carbocycles. The van der Waals surface area contributed by atoms with Crippen molar-refractivity contribution >= 4 is 10.0 Å². The molecule has 0 heterocycles. The predicted molar refractivity (Wildman–Crippen MR) is 75.1 cm³/mol. The fourth-order valence-electron chi connectivity index (χ4n) is 1.81. The lowest BCUT2D eigenvalue weighted by atomic mass is 10.1. The van der Waals surface area contributed by atoms with Crippen molar-refractivity contribution in [3.05, 3.63) is 29.8 Å². The minimum atomic E-state index is -3.36. The summed E-state index contributed by atoms with van der Waals surface area (Å²) in [5.41, 5.74) is 1.06. The highest BCUT2D eigenvalue weighted by Gasteiger charge is 2.16. The maximum Gasteiger partial charge on any atom is 0.240 e. The molecule has 18 heavy (non-hydrogen) atoms. The summed E-state index contributed by atoms with van der Waals surface area (Å²) in [5, 5.41) is 0. The highest BCUT2D eigenvalue weighted by atomic mass is 32.2. The zero-order chi connectivity index (χ0) is 13.6. The third kappa shape index (κ3) is 4.78. The molecule has 4 heteroatoms. The number of nitrogens with one attached hydrogen (secondary N) is 1. The second-order valence-corrected chi connectivity index (χ2v) is 6.55. The van der Waals surface area contributed by atoms with Crippen molar-refractivity contribution in [3.8, 4) is 0 Å². The first-order valence-corrected chi connectivity index (χ1v) is 8.03. The molecule has 3 nitrogen and oxygen atoms in total. The normalized spacial score (nSPS) is 13.5. The van der Waals surface area contributed by atoms with Crippen molar-refractivity contribution in [3.63, 3.8) is 0 Å². The van der Waals surface area contributed by atoms with Crippen LogP contribution in [-0.4, -0.2) is 14.5 Å². The molecule has 102 valence electrons. The van der Waals surface area contributed by atoms with Gasteiger partial charge in [0.25, 0.3) is 0 Å². The fourth-order valence-corrected chi connectivity index (χ4v) is 3.09. The van der Waals surface area contributed by atoms with Crippen LogP contribution < -0.4 is 4.72 Å². The Balaban J connectivity index is 2.61. The Kier molecular flexibility index (Phi) is 5.82. The molecule has 0 aliphatic heterocycles. The van der Waals surface area contributed by atoms with Crippen LogP contribution in [0.5, 0.6) is 0 Å². The molecule has 0 spiro atoms. The molecule has 0 saturated heterocycles. The first-order chi connectivity index (χ1) is 8.45. The number of sulfonamides is 1. The molecule has 1 N–H and O–H groups in total. The van der Waals surface area contributed by atoms with Gasteiger partial charge in [-0.1, -0.05) is 43.9 Å². The van der Waals surface area contributed by atoms with E-state index in [1.54, 1.807) is 12.1 Å². The molecule has 0 amide bonds. The lowest BCUT2D eigenvalue weighted by Crippen LogP contribution is -2.32. The van der Waals surface area contributed by atoms with Gasteiger partial charge in [-0.2, -0.15) is 0 Å². The summed E-state index contributed by atoms with van der Waals surface area (Å²) in [6.07, 6.45) is 4.25. The minimum Gasteiger partial charge on any atom is -0.208 e. The first-order valence-electron chi connectivity index (χ1n) is 6.54. The van der Waals surface area contributed by atoms with Crippen molar-refractivity contribution in [2.24, 2.45) is 0 Å². The zero-order valence-corrected chi connectivity index (χ0v) is 12.3. The summed E-state index contributed by atoms with van der Waals surface area (Å²) in [4.78, 5) is 0.343. The van der Waals surface area contributed by atoms with E-state index >= 15 is 0 Å². The average molecular weight is 269 g/mol. The molecule has 0 fully saturated rings. The van der Waals surface area contributed by atoms with Gasteiger partial charge in [-0.05, 0) is 32.4 Å². The summed E-state index contributed by atoms with van der Waals surface area (Å²) >= 11 is 0. The minimum absolute atomic E-state index is 0.0112. The molecule has 1 atom stereocenters. The van der Waals surface area contributed by atoms with E-state index in [0.717, 1.165) is 31.2 Å². The van der Waals surface area contributed by atoms with Gasteiger partial charge < -0.3 is 0 Å². The SMILES string of the molecule is CCCCCC(C)NS(=O)(=O)c1ccc(C)cc1. The second kappa shape index (κ2) is 6.90. The van der Waals surface area contributed by atoms with E-state index in [2.05, 4.69) is 11.6 Å². The molecule has 0 aromatic heterocycles. The maximum atomic E-state index is 12.1. The monoisotopic (exact) mass is 269 g/mol. The van der Waals surface area contributed by atoms with Crippen LogP contribution in [0.4, 0.5) is 0 Å². The average Bonchev–Trinajstić information content (AvgIpc) is 2.29. The van der Waals surface area contributed by atoms with Gasteiger partial charge >= 0.3 is 0 Å². The second-order valence-electron chi connectivity index (χ2n) is 4.83. The van der Waals surface area contributed by atoms with Gasteiger partial charge in [-0.25, -0.2) is 13.1 Å². The topological polar surface area (TPSA) is 46.2 Å². The highest BCUT2D eigenvalue weighted by Crippen LogP contribution is 2.12. The van der Waals surface area contributed by atoms with Crippen molar-refractivity contribution < 1.29 is 8.42 Å². The van der Waals surface area contributed by atoms with Gasteiger partial charge in [-0.15, -0.1) is 0 Å². The summed E-state index contributed by atoms with van der Waals surface area (Å²) in [7, 11) is -3.36. The summed E-state index contributed by atoms with van der Waals surface area (Å²) < 4.78 is 26.9. The van der Waals surface area contributed by atoms with Crippen LogP contribution in [0.3, 0.4) is 0 Å². The van der Waals surface area contributed by atoms with Gasteiger partial charge in [0.05, 0.1) is 4.90 Å². The van der Waals surface area contributed by atoms with Crippen molar-refractivity contribution in [2.45, 2.75) is 57.4 Å². The Hall–Kier alpha value is -0.870. The Morgan fingerprint density at radius 2 is 1.78 bits per heavy atom. The molecule has 0 saturated carbocycles. The first kappa shape index (κ1) is 15.2. The maximum absolute atomic E-state index is 12.1. The third-order valence-electron chi connectivity index (χ3n) is 2.93. The quantitative estimate of drug-likeness (QED) is 0.772. The van der Waals surface area contributed by atoms with Gasteiger partial charge in [0.2, 0.25) is 10.0 Å². The van der Waals surface area contributed by atoms with Crippen LogP contribution in [0.1, 0.15) is 45.1 Å². The van der Waals surface area contributed by atoms with Crippen LogP contribution in [-0.2, 0) is 10.0 Å². The van der Waals surface area contributed by atoms with E-state index in [0.29, 0.717) is 4.90 Å². The number of aryl methyl sites for hydroxylation is 1. The van der Waals surface area contributed by atoms with Crippen molar-refractivity contribution in [2.75, 3.05) is 0 Å². The number of unbranched alkanes of at least 4 members (excludes halogenated alkanes) is 2. The van der Waals surface area contributed by atoms with Gasteiger partial charge in [-0.3, -0.25) is 0 Å². The van der Waals surface area contributed by atoms with Crippen LogP contribution in [0.15, 0.2) is 29.2 Å². The van der Waals surface area contributed by atoms with Gasteiger partial charge in [0.15, 0.2) is 0 Å². The summed E-state index contributed by atoms with van der Waals surface area (Å²) in [6.45, 7) is 6.00. The molecule has 0 bridgehead atoms. The van der Waals surface area contributed by atoms with Crippen LogP contribution in [0, 0.1) is 6.92 Å². The predicted octanol–water partition coefficient (Wildman–Crippen LogP) is 3.24. The lowest BCUT2D eigenvalue weighted by Gasteiger charge is -2.14. The fraction of sp³-hybridized carbons (Fsp3) is 0.571. The number of rotatable bonds is 7. The van der Waals surface area contributed by atoms with Gasteiger partial charge in [0, 0.05) is 6.04 Å². The summed E-state index contributed by atoms with van der Waals surface area (Å²) in [6, 6.07) is 6.92. The Morgan fingerprint density at radius 1 is 1.17 bits per heavy atom. The highest BCUT2D eigenvalue weighted by molar-refractivity contribution is 7.89. The van der Waals surface area contributed by atoms with E-state index in [1.807, 2.05) is 26.0 Å². The Morgan fingerprint density at radius 3 is 2.33 bits per heavy atom. The van der Waals surface area contributed by atoms with Crippen molar-refractivity contribution in [1.29, 1.82) is 0 Å². The molecular weight excluding hydrogens is 246 g/mol. The van der Waals surface area contributed by atoms with E-state index in [-0.39, 0.29) is 6.04 Å². The van der Waals surface area contributed by atoms with Crippen LogP contribution in [0.2, 0.25) is 0 Å². The molecular formula is C14H23NO2S. The van der Waals surface area contributed by atoms with Crippen molar-refractivity contribution in [1.82, 2.24) is 4.72 Å². The van der Waals surface area contributed by atoms with E-state index in [9.17, 15) is 8.42 Å². The van der Waals surface area contributed by atoms with E-state index in [4.69, 9.17) is 0 Å². The van der Waals surface area contributed by atoms with Crippen LogP contribution >= 0.6 is 0 Å². The molecule has 1 rings (SSSR count). The molecule has 0 aliphatic rings. The largest absolute Gasteiger partial charge is 0.240 e. The van der Waals surface area contributed by atoms with E-state index in [1.165, 1.54) is 0 Å². The molecule has 1 unspecified atom stereocenters. The molecule has 0 radical (unpaired) electrons. The summed E-state index contributed by atoms with van der Waals surface area (Å²) in [5.74, 6) is 0. The standard InChI is InChI=1S/C14H23NO2S/c1-4-5-6-7-13(3)15-18(16,17)14-10-8-12(2)9-11-14/h8-11,13,15H,4-7H2,1-3H3. The smallest absolute Gasteiger partial charge is 0.208 e. The lowest BCUT2D eigenvalue weighted by molar-refractivity contribution is 0.527. The third-order valence-corrected chi connectivity index (χ3v) is 4.53. The van der Waals surface area contributed by atoms with E-state index < -0.39 is 10.0 Å². The van der Waals surface area contributed by atoms with Crippen LogP contribution in [0.25, 0.3) is 0 Å². The number of hydrogen-bond donors (Lipinski definition) is 1. The number of hydrogen-bond acceptors (Lipinski definition) is 2. The Labute approximate surface area is 111 Å². The van der Waals surface area contributed by atoms with Gasteiger partial charge in [0.1, 0.15) is 0 Å². The molecule has 0 aliphatic carbocycles.